The van der Waals surface area contributed by atoms with Crippen LogP contribution in [0.15, 0.2) is 34.9 Å². The Morgan fingerprint density at radius 3 is 2.89 bits per heavy atom. The molecule has 0 saturated carbocycles. The van der Waals surface area contributed by atoms with Crippen molar-refractivity contribution in [3.05, 3.63) is 36.1 Å². The molecule has 1 N–H and O–H groups in total. The largest absolute Gasteiger partial charge is 0.480 e. The fraction of sp³-hybridized carbons (Fsp3) is 0.357. The monoisotopic (exact) mass is 247 g/mol. The molecule has 96 valence electrons. The van der Waals surface area contributed by atoms with E-state index in [2.05, 4.69) is 0 Å². The maximum atomic E-state index is 10.9. The van der Waals surface area contributed by atoms with Gasteiger partial charge in [0.15, 0.2) is 0 Å². The summed E-state index contributed by atoms with van der Waals surface area (Å²) < 4.78 is 5.45. The molecule has 0 aliphatic heterocycles. The second-order valence-electron chi connectivity index (χ2n) is 4.50. The Kier molecular flexibility index (Phi) is 3.67. The van der Waals surface area contributed by atoms with Gasteiger partial charge in [0.05, 0.1) is 6.26 Å². The van der Waals surface area contributed by atoms with Crippen LogP contribution < -0.4 is 0 Å². The third-order valence-electron chi connectivity index (χ3n) is 3.31. The van der Waals surface area contributed by atoms with Gasteiger partial charge in [0, 0.05) is 11.9 Å². The second kappa shape index (κ2) is 5.23. The number of hydrogen-bond donors (Lipinski definition) is 1. The lowest BCUT2D eigenvalue weighted by Crippen LogP contribution is -2.37. The van der Waals surface area contributed by atoms with Crippen LogP contribution in [0.1, 0.15) is 12.5 Å². The van der Waals surface area contributed by atoms with Crippen LogP contribution in [-0.4, -0.2) is 35.6 Å². The number of carboxylic acids is 1. The molecule has 2 rings (SSSR count). The molecule has 0 aliphatic rings. The lowest BCUT2D eigenvalue weighted by atomic mass is 10.1. The summed E-state index contributed by atoms with van der Waals surface area (Å²) in [4.78, 5) is 12.7. The van der Waals surface area contributed by atoms with Gasteiger partial charge in [-0.15, -0.1) is 0 Å². The molecule has 1 atom stereocenters. The highest BCUT2D eigenvalue weighted by atomic mass is 16.4. The molecule has 1 heterocycles. The molecule has 0 fully saturated rings. The summed E-state index contributed by atoms with van der Waals surface area (Å²) in [5.41, 5.74) is 2.00. The third kappa shape index (κ3) is 2.54. The molecule has 4 nitrogen and oxygen atoms in total. The summed E-state index contributed by atoms with van der Waals surface area (Å²) in [6, 6.07) is 7.40. The Morgan fingerprint density at radius 2 is 2.17 bits per heavy atom. The molecule has 1 unspecified atom stereocenters. The zero-order valence-electron chi connectivity index (χ0n) is 10.6. The van der Waals surface area contributed by atoms with Gasteiger partial charge in [-0.2, -0.15) is 0 Å². The number of carboxylic acid groups (broad SMARTS) is 1. The van der Waals surface area contributed by atoms with Crippen molar-refractivity contribution >= 4 is 16.9 Å². The van der Waals surface area contributed by atoms with Crippen LogP contribution in [0.3, 0.4) is 0 Å². The van der Waals surface area contributed by atoms with Crippen molar-refractivity contribution in [3.8, 4) is 0 Å². The van der Waals surface area contributed by atoms with E-state index in [4.69, 9.17) is 9.52 Å². The summed E-state index contributed by atoms with van der Waals surface area (Å²) in [6.07, 6.45) is 2.54. The zero-order valence-corrected chi connectivity index (χ0v) is 10.6. The highest BCUT2D eigenvalue weighted by molar-refractivity contribution is 5.80. The molecule has 0 amide bonds. The van der Waals surface area contributed by atoms with Gasteiger partial charge < -0.3 is 9.52 Å². The molecule has 0 bridgehead atoms. The fourth-order valence-corrected chi connectivity index (χ4v) is 1.91. The molecule has 0 aliphatic carbocycles. The maximum Gasteiger partial charge on any atom is 0.320 e. The summed E-state index contributed by atoms with van der Waals surface area (Å²) in [5, 5.41) is 10.0. The molecular weight excluding hydrogens is 230 g/mol. The number of likely N-dealkylation sites (N-methyl/N-ethyl adjacent to an activating group) is 1. The summed E-state index contributed by atoms with van der Waals surface area (Å²) in [5.74, 6) is -0.797. The van der Waals surface area contributed by atoms with Gasteiger partial charge in [-0.25, -0.2) is 0 Å². The molecule has 18 heavy (non-hydrogen) atoms. The number of benzene rings is 1. The van der Waals surface area contributed by atoms with Crippen LogP contribution in [0.4, 0.5) is 0 Å². The quantitative estimate of drug-likeness (QED) is 0.881. The lowest BCUT2D eigenvalue weighted by Gasteiger charge is -2.20. The number of aliphatic carboxylic acids is 1. The first-order valence-electron chi connectivity index (χ1n) is 5.97. The number of hydrogen-bond acceptors (Lipinski definition) is 3. The molecular formula is C14H17NO3. The first kappa shape index (κ1) is 12.6. The van der Waals surface area contributed by atoms with Gasteiger partial charge in [-0.05, 0) is 32.0 Å². The molecule has 1 aromatic carbocycles. The van der Waals surface area contributed by atoms with Crippen LogP contribution in [0.2, 0.25) is 0 Å². The van der Waals surface area contributed by atoms with E-state index in [0.29, 0.717) is 6.54 Å². The smallest absolute Gasteiger partial charge is 0.320 e. The van der Waals surface area contributed by atoms with Crippen molar-refractivity contribution < 1.29 is 14.3 Å². The molecule has 2 aromatic rings. The van der Waals surface area contributed by atoms with E-state index in [0.717, 1.165) is 23.0 Å². The first-order chi connectivity index (χ1) is 8.59. The van der Waals surface area contributed by atoms with Crippen LogP contribution in [0.5, 0.6) is 0 Å². The third-order valence-corrected chi connectivity index (χ3v) is 3.31. The van der Waals surface area contributed by atoms with Crippen molar-refractivity contribution in [3.63, 3.8) is 0 Å². The number of furan rings is 1. The average Bonchev–Trinajstić information content (AvgIpc) is 2.78. The van der Waals surface area contributed by atoms with Gasteiger partial charge in [0.1, 0.15) is 11.6 Å². The van der Waals surface area contributed by atoms with E-state index in [9.17, 15) is 4.79 Å². The standard InChI is InChI=1S/C14H17NO3/c1-10(14(16)17)15(2)8-7-11-9-18-13-6-4-3-5-12(11)13/h3-6,9-10H,7-8H2,1-2H3,(H,16,17). The van der Waals surface area contributed by atoms with E-state index in [-0.39, 0.29) is 0 Å². The number of nitrogens with zero attached hydrogens (tertiary/aromatic N) is 1. The van der Waals surface area contributed by atoms with Gasteiger partial charge in [-0.1, -0.05) is 18.2 Å². The van der Waals surface area contributed by atoms with Crippen molar-refractivity contribution in [2.75, 3.05) is 13.6 Å². The minimum Gasteiger partial charge on any atom is -0.480 e. The Morgan fingerprint density at radius 1 is 1.44 bits per heavy atom. The van der Waals surface area contributed by atoms with Gasteiger partial charge in [-0.3, -0.25) is 9.69 Å². The van der Waals surface area contributed by atoms with E-state index in [1.54, 1.807) is 13.2 Å². The molecule has 1 aromatic heterocycles. The first-order valence-corrected chi connectivity index (χ1v) is 5.97. The summed E-state index contributed by atoms with van der Waals surface area (Å²) in [7, 11) is 1.82. The lowest BCUT2D eigenvalue weighted by molar-refractivity contribution is -0.142. The Balaban J connectivity index is 2.04. The topological polar surface area (TPSA) is 53.7 Å². The predicted octanol–water partition coefficient (Wildman–Crippen LogP) is 2.38. The molecule has 0 spiro atoms. The van der Waals surface area contributed by atoms with E-state index in [1.807, 2.05) is 36.2 Å². The summed E-state index contributed by atoms with van der Waals surface area (Å²) in [6.45, 7) is 2.38. The van der Waals surface area contributed by atoms with E-state index >= 15 is 0 Å². The number of para-hydroxylation sites is 1. The Hall–Kier alpha value is -1.81. The summed E-state index contributed by atoms with van der Waals surface area (Å²) >= 11 is 0. The van der Waals surface area contributed by atoms with Crippen molar-refractivity contribution in [1.29, 1.82) is 0 Å². The zero-order chi connectivity index (χ0) is 13.1. The molecule has 4 heteroatoms. The van der Waals surface area contributed by atoms with Crippen molar-refractivity contribution in [2.45, 2.75) is 19.4 Å². The fourth-order valence-electron chi connectivity index (χ4n) is 1.91. The highest BCUT2D eigenvalue weighted by Crippen LogP contribution is 2.21. The minimum absolute atomic E-state index is 0.469. The Labute approximate surface area is 106 Å². The van der Waals surface area contributed by atoms with Gasteiger partial charge >= 0.3 is 5.97 Å². The number of rotatable bonds is 5. The SMILES string of the molecule is CC(C(=O)O)N(C)CCc1coc2ccccc12. The predicted molar refractivity (Wildman–Crippen MR) is 69.6 cm³/mol. The van der Waals surface area contributed by atoms with Crippen LogP contribution in [0, 0.1) is 0 Å². The molecule has 0 saturated heterocycles. The van der Waals surface area contributed by atoms with Crippen LogP contribution in [0.25, 0.3) is 11.0 Å². The second-order valence-corrected chi connectivity index (χ2v) is 4.50. The maximum absolute atomic E-state index is 10.9. The van der Waals surface area contributed by atoms with Crippen molar-refractivity contribution in [1.82, 2.24) is 4.90 Å². The van der Waals surface area contributed by atoms with Gasteiger partial charge in [0.25, 0.3) is 0 Å². The number of carbonyl (C=O) groups is 1. The average molecular weight is 247 g/mol. The van der Waals surface area contributed by atoms with E-state index < -0.39 is 12.0 Å². The number of fused-ring (bicyclic) bond motifs is 1. The van der Waals surface area contributed by atoms with Crippen LogP contribution in [-0.2, 0) is 11.2 Å². The highest BCUT2D eigenvalue weighted by Gasteiger charge is 2.16. The molecule has 0 radical (unpaired) electrons. The van der Waals surface area contributed by atoms with E-state index in [1.165, 1.54) is 0 Å². The van der Waals surface area contributed by atoms with Crippen LogP contribution >= 0.6 is 0 Å². The normalized spacial score (nSPS) is 13.1. The Bertz CT molecular complexity index is 547. The van der Waals surface area contributed by atoms with Crippen molar-refractivity contribution in [2.24, 2.45) is 0 Å². The minimum atomic E-state index is -0.797. The van der Waals surface area contributed by atoms with Gasteiger partial charge in [0.2, 0.25) is 0 Å².